The van der Waals surface area contributed by atoms with Gasteiger partial charge in [0.15, 0.2) is 0 Å². The average molecular weight is 226 g/mol. The summed E-state index contributed by atoms with van der Waals surface area (Å²) in [5.74, 6) is 0.893. The van der Waals surface area contributed by atoms with E-state index in [0.717, 1.165) is 32.5 Å². The molecule has 0 bridgehead atoms. The number of nitrogens with one attached hydrogen (secondary N) is 1. The van der Waals surface area contributed by atoms with E-state index in [0.29, 0.717) is 17.9 Å². The quantitative estimate of drug-likeness (QED) is 0.778. The van der Waals surface area contributed by atoms with E-state index < -0.39 is 0 Å². The Hall–Kier alpha value is -0.570. The molecule has 1 unspecified atom stereocenters. The highest BCUT2D eigenvalue weighted by Gasteiger charge is 2.21. The highest BCUT2D eigenvalue weighted by atomic mass is 16.2. The Morgan fingerprint density at radius 2 is 2.25 bits per heavy atom. The van der Waals surface area contributed by atoms with Gasteiger partial charge in [0.1, 0.15) is 0 Å². The van der Waals surface area contributed by atoms with Crippen LogP contribution in [0.4, 0.5) is 0 Å². The molecule has 0 aromatic heterocycles. The van der Waals surface area contributed by atoms with Gasteiger partial charge in [-0.15, -0.1) is 0 Å². The number of carbonyl (C=O) groups is 1. The Balaban J connectivity index is 2.40. The maximum absolute atomic E-state index is 12.1. The number of rotatable bonds is 5. The zero-order valence-corrected chi connectivity index (χ0v) is 11.0. The first kappa shape index (κ1) is 13.5. The summed E-state index contributed by atoms with van der Waals surface area (Å²) < 4.78 is 0. The van der Waals surface area contributed by atoms with Gasteiger partial charge in [-0.3, -0.25) is 4.79 Å². The van der Waals surface area contributed by atoms with Gasteiger partial charge in [-0.05, 0) is 52.1 Å². The Bertz CT molecular complexity index is 210. The van der Waals surface area contributed by atoms with Crippen molar-refractivity contribution in [1.29, 1.82) is 0 Å². The van der Waals surface area contributed by atoms with E-state index in [1.54, 1.807) is 0 Å². The van der Waals surface area contributed by atoms with Crippen molar-refractivity contribution in [2.75, 3.05) is 19.6 Å². The van der Waals surface area contributed by atoms with Gasteiger partial charge in [0.25, 0.3) is 0 Å². The molecular weight excluding hydrogens is 200 g/mol. The van der Waals surface area contributed by atoms with Crippen molar-refractivity contribution in [1.82, 2.24) is 10.2 Å². The molecule has 3 heteroatoms. The highest BCUT2D eigenvalue weighted by molar-refractivity contribution is 5.76. The minimum atomic E-state index is 0.337. The molecule has 1 saturated heterocycles. The molecule has 0 aliphatic carbocycles. The van der Waals surface area contributed by atoms with Crippen LogP contribution in [0.25, 0.3) is 0 Å². The fraction of sp³-hybridized carbons (Fsp3) is 0.923. The fourth-order valence-electron chi connectivity index (χ4n) is 2.37. The van der Waals surface area contributed by atoms with Crippen LogP contribution in [-0.2, 0) is 4.79 Å². The van der Waals surface area contributed by atoms with Crippen molar-refractivity contribution in [3.63, 3.8) is 0 Å². The Morgan fingerprint density at radius 3 is 2.75 bits per heavy atom. The van der Waals surface area contributed by atoms with Gasteiger partial charge in [0.05, 0.1) is 0 Å². The maximum Gasteiger partial charge on any atom is 0.223 e. The lowest BCUT2D eigenvalue weighted by Gasteiger charge is -2.29. The van der Waals surface area contributed by atoms with Crippen LogP contribution in [0.1, 0.15) is 46.5 Å². The van der Waals surface area contributed by atoms with Gasteiger partial charge in [0.2, 0.25) is 5.91 Å². The molecule has 1 aliphatic heterocycles. The number of hydrogen-bond acceptors (Lipinski definition) is 2. The largest absolute Gasteiger partial charge is 0.340 e. The van der Waals surface area contributed by atoms with E-state index in [9.17, 15) is 4.79 Å². The van der Waals surface area contributed by atoms with Crippen molar-refractivity contribution in [3.05, 3.63) is 0 Å². The monoisotopic (exact) mass is 226 g/mol. The summed E-state index contributed by atoms with van der Waals surface area (Å²) in [6, 6.07) is 0.337. The Labute approximate surface area is 99.6 Å². The van der Waals surface area contributed by atoms with Gasteiger partial charge in [-0.1, -0.05) is 6.92 Å². The summed E-state index contributed by atoms with van der Waals surface area (Å²) in [6.07, 6.45) is 4.20. The lowest BCUT2D eigenvalue weighted by molar-refractivity contribution is -0.134. The number of nitrogens with zero attached hydrogens (tertiary/aromatic N) is 1. The molecule has 16 heavy (non-hydrogen) atoms. The number of amides is 1. The zero-order valence-electron chi connectivity index (χ0n) is 11.0. The van der Waals surface area contributed by atoms with Crippen molar-refractivity contribution in [3.8, 4) is 0 Å². The molecule has 1 amide bonds. The molecule has 0 aromatic carbocycles. The molecule has 1 heterocycles. The minimum absolute atomic E-state index is 0.337. The second-order valence-corrected chi connectivity index (χ2v) is 5.10. The van der Waals surface area contributed by atoms with Crippen molar-refractivity contribution in [2.24, 2.45) is 5.92 Å². The van der Waals surface area contributed by atoms with E-state index in [1.807, 2.05) is 4.90 Å². The lowest BCUT2D eigenvalue weighted by Crippen LogP contribution is -2.40. The molecule has 94 valence electrons. The van der Waals surface area contributed by atoms with Gasteiger partial charge < -0.3 is 10.2 Å². The third kappa shape index (κ3) is 4.12. The highest BCUT2D eigenvalue weighted by Crippen LogP contribution is 2.16. The van der Waals surface area contributed by atoms with E-state index in [-0.39, 0.29) is 0 Å². The summed E-state index contributed by atoms with van der Waals surface area (Å²) in [6.45, 7) is 9.37. The number of piperidine rings is 1. The van der Waals surface area contributed by atoms with Gasteiger partial charge in [-0.2, -0.15) is 0 Å². The molecule has 1 atom stereocenters. The molecule has 0 aromatic rings. The summed E-state index contributed by atoms with van der Waals surface area (Å²) in [4.78, 5) is 14.2. The van der Waals surface area contributed by atoms with Crippen LogP contribution in [-0.4, -0.2) is 36.5 Å². The molecule has 0 spiro atoms. The van der Waals surface area contributed by atoms with Crippen molar-refractivity contribution >= 4 is 5.91 Å². The SMILES string of the molecule is CCCN(C(=O)CC1CCCNC1)C(C)C. The van der Waals surface area contributed by atoms with Crippen LogP contribution in [0, 0.1) is 5.92 Å². The van der Waals surface area contributed by atoms with Crippen LogP contribution in [0.15, 0.2) is 0 Å². The Morgan fingerprint density at radius 1 is 1.50 bits per heavy atom. The Kier molecular flexibility index (Phi) is 5.81. The molecule has 1 aliphatic rings. The zero-order chi connectivity index (χ0) is 12.0. The van der Waals surface area contributed by atoms with Gasteiger partial charge in [0, 0.05) is 19.0 Å². The summed E-state index contributed by atoms with van der Waals surface area (Å²) >= 11 is 0. The number of hydrogen-bond donors (Lipinski definition) is 1. The van der Waals surface area contributed by atoms with E-state index in [4.69, 9.17) is 0 Å². The molecule has 0 saturated carbocycles. The van der Waals surface area contributed by atoms with Crippen LogP contribution in [0.3, 0.4) is 0 Å². The smallest absolute Gasteiger partial charge is 0.223 e. The molecule has 3 nitrogen and oxygen atoms in total. The molecular formula is C13H26N2O. The van der Waals surface area contributed by atoms with Gasteiger partial charge >= 0.3 is 0 Å². The summed E-state index contributed by atoms with van der Waals surface area (Å²) in [7, 11) is 0. The first-order chi connectivity index (χ1) is 7.65. The van der Waals surface area contributed by atoms with Crippen LogP contribution in [0.2, 0.25) is 0 Å². The lowest BCUT2D eigenvalue weighted by atomic mass is 9.95. The average Bonchev–Trinajstić information content (AvgIpc) is 2.26. The predicted octanol–water partition coefficient (Wildman–Crippen LogP) is 2.02. The first-order valence-corrected chi connectivity index (χ1v) is 6.65. The molecule has 0 radical (unpaired) electrons. The van der Waals surface area contributed by atoms with Crippen LogP contribution in [0.5, 0.6) is 0 Å². The van der Waals surface area contributed by atoms with E-state index in [1.165, 1.54) is 12.8 Å². The third-order valence-electron chi connectivity index (χ3n) is 3.27. The molecule has 1 fully saturated rings. The molecule has 1 N–H and O–H groups in total. The van der Waals surface area contributed by atoms with Gasteiger partial charge in [-0.25, -0.2) is 0 Å². The van der Waals surface area contributed by atoms with Crippen molar-refractivity contribution in [2.45, 2.75) is 52.5 Å². The topological polar surface area (TPSA) is 32.3 Å². The van der Waals surface area contributed by atoms with E-state index >= 15 is 0 Å². The maximum atomic E-state index is 12.1. The third-order valence-corrected chi connectivity index (χ3v) is 3.27. The normalized spacial score (nSPS) is 21.1. The number of carbonyl (C=O) groups excluding carboxylic acids is 1. The molecule has 1 rings (SSSR count). The van der Waals surface area contributed by atoms with E-state index in [2.05, 4.69) is 26.1 Å². The minimum Gasteiger partial charge on any atom is -0.340 e. The standard InChI is InChI=1S/C13H26N2O/c1-4-8-15(11(2)3)13(16)9-12-6-5-7-14-10-12/h11-12,14H,4-10H2,1-3H3. The van der Waals surface area contributed by atoms with Crippen LogP contribution >= 0.6 is 0 Å². The predicted molar refractivity (Wildman–Crippen MR) is 67.4 cm³/mol. The first-order valence-electron chi connectivity index (χ1n) is 6.65. The van der Waals surface area contributed by atoms with Crippen molar-refractivity contribution < 1.29 is 4.79 Å². The van der Waals surface area contributed by atoms with Crippen LogP contribution < -0.4 is 5.32 Å². The summed E-state index contributed by atoms with van der Waals surface area (Å²) in [5.41, 5.74) is 0. The second kappa shape index (κ2) is 6.89. The summed E-state index contributed by atoms with van der Waals surface area (Å²) in [5, 5.41) is 3.37. The second-order valence-electron chi connectivity index (χ2n) is 5.10. The fourth-order valence-corrected chi connectivity index (χ4v) is 2.37.